The fraction of sp³-hybridized carbons (Fsp3) is 0.0909. The Morgan fingerprint density at radius 3 is 2.65 bits per heavy atom. The van der Waals surface area contributed by atoms with Crippen LogP contribution in [-0.2, 0) is 0 Å². The first-order chi connectivity index (χ1) is 9.45. The van der Waals surface area contributed by atoms with Crippen molar-refractivity contribution in [2.24, 2.45) is 0 Å². The molecule has 0 saturated heterocycles. The molecule has 3 N–H and O–H groups in total. The fourth-order valence-electron chi connectivity index (χ4n) is 1.35. The summed E-state index contributed by atoms with van der Waals surface area (Å²) in [6.45, 7) is 1.76. The second-order valence-corrected chi connectivity index (χ2v) is 5.29. The Morgan fingerprint density at radius 1 is 1.30 bits per heavy atom. The fourth-order valence-corrected chi connectivity index (χ4v) is 2.10. The first kappa shape index (κ1) is 14.2. The second kappa shape index (κ2) is 5.85. The van der Waals surface area contributed by atoms with Crippen molar-refractivity contribution in [1.82, 2.24) is 10.2 Å². The Balaban J connectivity index is 2.11. The normalized spacial score (nSPS) is 10.1. The van der Waals surface area contributed by atoms with E-state index in [0.29, 0.717) is 10.1 Å². The molecule has 0 bridgehead atoms. The molecule has 20 heavy (non-hydrogen) atoms. The molecule has 0 saturated carbocycles. The molecule has 0 aliphatic carbocycles. The van der Waals surface area contributed by atoms with E-state index >= 15 is 0 Å². The van der Waals surface area contributed by atoms with Crippen LogP contribution in [0, 0.1) is 6.92 Å². The number of aromatic carboxylic acids is 1. The molecule has 7 nitrogen and oxygen atoms in total. The number of carbonyl (C=O) groups is 2. The van der Waals surface area contributed by atoms with Gasteiger partial charge in [-0.05, 0) is 25.1 Å². The Kier molecular flexibility index (Phi) is 4.16. The predicted molar refractivity (Wildman–Crippen MR) is 75.7 cm³/mol. The number of halogens is 1. The van der Waals surface area contributed by atoms with Crippen LogP contribution in [0.15, 0.2) is 18.2 Å². The molecule has 2 amide bonds. The van der Waals surface area contributed by atoms with Gasteiger partial charge in [0, 0.05) is 0 Å². The molecule has 1 heterocycles. The van der Waals surface area contributed by atoms with E-state index in [2.05, 4.69) is 20.8 Å². The smallest absolute Gasteiger partial charge is 0.335 e. The number of amides is 2. The van der Waals surface area contributed by atoms with E-state index < -0.39 is 12.0 Å². The quantitative estimate of drug-likeness (QED) is 0.808. The number of nitrogens with one attached hydrogen (secondary N) is 2. The summed E-state index contributed by atoms with van der Waals surface area (Å²) >= 11 is 7.11. The second-order valence-electron chi connectivity index (χ2n) is 3.71. The predicted octanol–water partition coefficient (Wildman–Crippen LogP) is 2.84. The molecule has 0 spiro atoms. The third kappa shape index (κ3) is 3.43. The van der Waals surface area contributed by atoms with Gasteiger partial charge >= 0.3 is 12.0 Å². The zero-order chi connectivity index (χ0) is 14.7. The average molecular weight is 313 g/mol. The third-order valence-electron chi connectivity index (χ3n) is 2.21. The number of anilines is 2. The summed E-state index contributed by atoms with van der Waals surface area (Å²) < 4.78 is 0. The number of aromatic nitrogens is 2. The maximum atomic E-state index is 11.7. The molecule has 2 aromatic rings. The topological polar surface area (TPSA) is 104 Å². The van der Waals surface area contributed by atoms with Gasteiger partial charge in [-0.25, -0.2) is 9.59 Å². The molecule has 1 aromatic carbocycles. The molecule has 0 atom stereocenters. The van der Waals surface area contributed by atoms with E-state index in [1.165, 1.54) is 29.5 Å². The van der Waals surface area contributed by atoms with Crippen molar-refractivity contribution in [2.75, 3.05) is 10.6 Å². The number of hydrogen-bond acceptors (Lipinski definition) is 5. The molecule has 0 aliphatic rings. The van der Waals surface area contributed by atoms with Crippen LogP contribution in [0.25, 0.3) is 0 Å². The van der Waals surface area contributed by atoms with Crippen LogP contribution in [0.1, 0.15) is 15.4 Å². The summed E-state index contributed by atoms with van der Waals surface area (Å²) in [4.78, 5) is 22.6. The van der Waals surface area contributed by atoms with Gasteiger partial charge in [0.1, 0.15) is 5.01 Å². The largest absolute Gasteiger partial charge is 0.478 e. The highest BCUT2D eigenvalue weighted by molar-refractivity contribution is 7.15. The van der Waals surface area contributed by atoms with E-state index in [9.17, 15) is 9.59 Å². The number of carboxylic acid groups (broad SMARTS) is 1. The first-order valence-corrected chi connectivity index (χ1v) is 6.56. The van der Waals surface area contributed by atoms with Gasteiger partial charge in [-0.15, -0.1) is 10.2 Å². The number of nitrogens with zero attached hydrogens (tertiary/aromatic N) is 2. The van der Waals surface area contributed by atoms with Crippen molar-refractivity contribution in [1.29, 1.82) is 0 Å². The lowest BCUT2D eigenvalue weighted by Gasteiger charge is -2.07. The van der Waals surface area contributed by atoms with Crippen LogP contribution < -0.4 is 10.6 Å². The number of rotatable bonds is 3. The minimum absolute atomic E-state index is 0.0245. The molecule has 2 rings (SSSR count). The standard InChI is InChI=1S/C11H9ClN4O3S/c1-5-15-16-11(20-5)14-10(19)13-8-4-6(9(17)18)2-3-7(8)12/h2-4H,1H3,(H,17,18)(H2,13,14,16,19). The van der Waals surface area contributed by atoms with Gasteiger partial charge < -0.3 is 10.4 Å². The van der Waals surface area contributed by atoms with Gasteiger partial charge in [-0.1, -0.05) is 22.9 Å². The summed E-state index contributed by atoms with van der Waals surface area (Å²) in [5.74, 6) is -1.11. The van der Waals surface area contributed by atoms with Crippen molar-refractivity contribution in [2.45, 2.75) is 6.92 Å². The highest BCUT2D eigenvalue weighted by Crippen LogP contribution is 2.23. The molecule has 1 aromatic heterocycles. The van der Waals surface area contributed by atoms with Gasteiger partial charge in [0.25, 0.3) is 0 Å². The molecule has 0 fully saturated rings. The van der Waals surface area contributed by atoms with Crippen LogP contribution in [0.4, 0.5) is 15.6 Å². The van der Waals surface area contributed by atoms with Crippen LogP contribution in [-0.4, -0.2) is 27.3 Å². The number of benzene rings is 1. The summed E-state index contributed by atoms with van der Waals surface area (Å²) in [7, 11) is 0. The highest BCUT2D eigenvalue weighted by atomic mass is 35.5. The number of carboxylic acids is 1. The molecular weight excluding hydrogens is 304 g/mol. The van der Waals surface area contributed by atoms with Crippen molar-refractivity contribution in [3.05, 3.63) is 33.8 Å². The minimum Gasteiger partial charge on any atom is -0.478 e. The van der Waals surface area contributed by atoms with Crippen molar-refractivity contribution in [3.63, 3.8) is 0 Å². The lowest BCUT2D eigenvalue weighted by molar-refractivity contribution is 0.0697. The van der Waals surface area contributed by atoms with Gasteiger partial charge in [-0.3, -0.25) is 5.32 Å². The summed E-state index contributed by atoms with van der Waals surface area (Å²) in [6.07, 6.45) is 0. The number of carbonyl (C=O) groups excluding carboxylic acids is 1. The third-order valence-corrected chi connectivity index (χ3v) is 3.29. The lowest BCUT2D eigenvalue weighted by Crippen LogP contribution is -2.19. The summed E-state index contributed by atoms with van der Waals surface area (Å²) in [5, 5.41) is 22.6. The summed E-state index contributed by atoms with van der Waals surface area (Å²) in [5.41, 5.74) is 0.224. The van der Waals surface area contributed by atoms with E-state index in [-0.39, 0.29) is 16.3 Å². The molecule has 0 radical (unpaired) electrons. The van der Waals surface area contributed by atoms with Crippen LogP contribution in [0.3, 0.4) is 0 Å². The molecule has 9 heteroatoms. The maximum absolute atomic E-state index is 11.7. The van der Waals surface area contributed by atoms with E-state index in [1.807, 2.05) is 0 Å². The Hall–Kier alpha value is -2.19. The van der Waals surface area contributed by atoms with Crippen LogP contribution >= 0.6 is 22.9 Å². The van der Waals surface area contributed by atoms with E-state index in [1.54, 1.807) is 6.92 Å². The Labute approximate surface area is 122 Å². The Bertz CT molecular complexity index is 673. The lowest BCUT2D eigenvalue weighted by atomic mass is 10.2. The van der Waals surface area contributed by atoms with Gasteiger partial charge in [-0.2, -0.15) is 0 Å². The van der Waals surface area contributed by atoms with Gasteiger partial charge in [0.15, 0.2) is 0 Å². The average Bonchev–Trinajstić information content (AvgIpc) is 2.77. The van der Waals surface area contributed by atoms with Crippen molar-refractivity contribution < 1.29 is 14.7 Å². The number of urea groups is 1. The highest BCUT2D eigenvalue weighted by Gasteiger charge is 2.11. The summed E-state index contributed by atoms with van der Waals surface area (Å²) in [6, 6.07) is 3.44. The molecule has 104 valence electrons. The SMILES string of the molecule is Cc1nnc(NC(=O)Nc2cc(C(=O)O)ccc2Cl)s1. The van der Waals surface area contributed by atoms with E-state index in [4.69, 9.17) is 16.7 Å². The number of hydrogen-bond donors (Lipinski definition) is 3. The molecule has 0 aliphatic heterocycles. The maximum Gasteiger partial charge on any atom is 0.335 e. The van der Waals surface area contributed by atoms with Gasteiger partial charge in [0.2, 0.25) is 5.13 Å². The van der Waals surface area contributed by atoms with Gasteiger partial charge in [0.05, 0.1) is 16.3 Å². The monoisotopic (exact) mass is 312 g/mol. The van der Waals surface area contributed by atoms with Crippen molar-refractivity contribution >= 4 is 45.8 Å². The number of aryl methyl sites for hydroxylation is 1. The zero-order valence-electron chi connectivity index (χ0n) is 10.2. The first-order valence-electron chi connectivity index (χ1n) is 5.36. The Morgan fingerprint density at radius 2 is 2.05 bits per heavy atom. The van der Waals surface area contributed by atoms with Crippen molar-refractivity contribution in [3.8, 4) is 0 Å². The van der Waals surface area contributed by atoms with Crippen LogP contribution in [0.2, 0.25) is 5.02 Å². The zero-order valence-corrected chi connectivity index (χ0v) is 11.7. The molecule has 0 unspecified atom stereocenters. The van der Waals surface area contributed by atoms with E-state index in [0.717, 1.165) is 0 Å². The van der Waals surface area contributed by atoms with Crippen LogP contribution in [0.5, 0.6) is 0 Å². The minimum atomic E-state index is -1.11. The molecular formula is C11H9ClN4O3S.